The van der Waals surface area contributed by atoms with Crippen molar-refractivity contribution in [2.45, 2.75) is 0 Å². The largest absolute Gasteiger partial charge is 1.00 e. The molecule has 0 saturated heterocycles. The Kier molecular flexibility index (Phi) is 20.5. The van der Waals surface area contributed by atoms with E-state index in [1.165, 1.54) is 0 Å². The Morgan fingerprint density at radius 1 is 1.25 bits per heavy atom. The summed E-state index contributed by atoms with van der Waals surface area (Å²) in [6, 6.07) is 0. The molecule has 4 heavy (non-hydrogen) atoms. The Labute approximate surface area is 41.3 Å². The van der Waals surface area contributed by atoms with E-state index >= 15 is 0 Å². The van der Waals surface area contributed by atoms with Gasteiger partial charge in [-0.25, -0.2) is 0 Å². The molecule has 0 unspecified atom stereocenters. The summed E-state index contributed by atoms with van der Waals surface area (Å²) >= 11 is 0. The van der Waals surface area contributed by atoms with Crippen molar-refractivity contribution in [1.82, 2.24) is 0 Å². The number of rotatable bonds is 0. The summed E-state index contributed by atoms with van der Waals surface area (Å²) in [5, 5.41) is 0. The van der Waals surface area contributed by atoms with Crippen LogP contribution in [0.15, 0.2) is 0 Å². The van der Waals surface area contributed by atoms with E-state index in [2.05, 4.69) is 15.7 Å². The van der Waals surface area contributed by atoms with Gasteiger partial charge in [0, 0.05) is 0 Å². The van der Waals surface area contributed by atoms with Gasteiger partial charge in [0.05, 0.1) is 0 Å². The minimum atomic E-state index is 0. The van der Waals surface area contributed by atoms with Gasteiger partial charge in [-0.2, -0.15) is 15.7 Å². The Morgan fingerprint density at radius 2 is 1.25 bits per heavy atom. The first-order chi connectivity index (χ1) is 1.41. The van der Waals surface area contributed by atoms with Crippen LogP contribution < -0.4 is 18.9 Å². The summed E-state index contributed by atoms with van der Waals surface area (Å²) in [6.07, 6.45) is 1.00. The fourth-order valence-corrected chi connectivity index (χ4v) is 0. The van der Waals surface area contributed by atoms with Crippen LogP contribution in [-0.2, 0) is 0 Å². The first-order valence-corrected chi connectivity index (χ1v) is 0.667. The quantitative estimate of drug-likeness (QED) is 0.194. The van der Waals surface area contributed by atoms with Gasteiger partial charge in [0.25, 0.3) is 0 Å². The zero-order chi connectivity index (χ0) is 2.71. The standard InChI is InChI=1S/CHB2.Li/c2-1-3;/h1H;/q-1;+1. The maximum Gasteiger partial charge on any atom is 1.00 e. The van der Waals surface area contributed by atoms with E-state index in [1.807, 2.05) is 0 Å². The molecular formula is CHB2Li. The molecule has 0 aliphatic rings. The summed E-state index contributed by atoms with van der Waals surface area (Å²) < 4.78 is 0. The Balaban J connectivity index is 0. The third-order valence-electron chi connectivity index (χ3n) is 0. The first-order valence-electron chi connectivity index (χ1n) is 0.667. The predicted octanol–water partition coefficient (Wildman–Crippen LogP) is -3.55. The van der Waals surface area contributed by atoms with Gasteiger partial charge in [0.2, 0.25) is 0 Å². The second-order valence-corrected chi connectivity index (χ2v) is 0.192. The maximum atomic E-state index is 4.50. The molecule has 0 bridgehead atoms. The van der Waals surface area contributed by atoms with Crippen LogP contribution in [0.5, 0.6) is 0 Å². The molecule has 0 saturated carbocycles. The van der Waals surface area contributed by atoms with E-state index in [9.17, 15) is 0 Å². The average molecular weight is 41.6 g/mol. The van der Waals surface area contributed by atoms with E-state index < -0.39 is 0 Å². The predicted molar refractivity (Wildman–Crippen MR) is 15.8 cm³/mol. The Hall–Kier alpha value is 0.727. The Bertz CT molecular complexity index is 6.00. The van der Waals surface area contributed by atoms with E-state index in [4.69, 9.17) is 0 Å². The van der Waals surface area contributed by atoms with Crippen molar-refractivity contribution in [3.8, 4) is 0 Å². The Morgan fingerprint density at radius 3 is 1.25 bits per heavy atom. The zero-order valence-corrected chi connectivity index (χ0v) is 2.73. The minimum Gasteiger partial charge on any atom is -0.407 e. The van der Waals surface area contributed by atoms with Crippen LogP contribution in [0, 0.1) is 6.22 Å². The van der Waals surface area contributed by atoms with Gasteiger partial charge < -0.3 is 6.22 Å². The molecule has 0 aliphatic heterocycles. The smallest absolute Gasteiger partial charge is 0.407 e. The van der Waals surface area contributed by atoms with Crippen LogP contribution in [0.4, 0.5) is 0 Å². The molecule has 0 rings (SSSR count). The molecule has 0 amide bonds. The summed E-state index contributed by atoms with van der Waals surface area (Å²) in [7, 11) is 9.00. The number of hydrogen-bond donors (Lipinski definition) is 0. The fraction of sp³-hybridized carbons (Fsp3) is 0. The van der Waals surface area contributed by atoms with Crippen molar-refractivity contribution in [2.75, 3.05) is 0 Å². The average Bonchev–Trinajstić information content (AvgIpc) is 0.918. The van der Waals surface area contributed by atoms with Crippen molar-refractivity contribution >= 4 is 15.7 Å². The third kappa shape index (κ3) is 15.4. The SMILES string of the molecule is [B][CH-][B].[Li+]. The van der Waals surface area contributed by atoms with E-state index in [0.29, 0.717) is 0 Å². The summed E-state index contributed by atoms with van der Waals surface area (Å²) in [5.74, 6) is 0. The van der Waals surface area contributed by atoms with Crippen LogP contribution in [0.1, 0.15) is 0 Å². The molecule has 0 N–H and O–H groups in total. The van der Waals surface area contributed by atoms with Gasteiger partial charge >= 0.3 is 18.9 Å². The molecule has 0 spiro atoms. The molecule has 0 fully saturated rings. The zero-order valence-electron chi connectivity index (χ0n) is 2.73. The molecule has 4 radical (unpaired) electrons. The molecule has 0 nitrogen and oxygen atoms in total. The molecule has 0 atom stereocenters. The van der Waals surface area contributed by atoms with Gasteiger partial charge in [-0.15, -0.1) is 0 Å². The van der Waals surface area contributed by atoms with E-state index in [0.717, 1.165) is 6.22 Å². The van der Waals surface area contributed by atoms with Crippen molar-refractivity contribution in [3.05, 3.63) is 6.22 Å². The van der Waals surface area contributed by atoms with Gasteiger partial charge in [-0.05, 0) is 0 Å². The van der Waals surface area contributed by atoms with Crippen LogP contribution in [0.2, 0.25) is 0 Å². The summed E-state index contributed by atoms with van der Waals surface area (Å²) in [5.41, 5.74) is 0. The summed E-state index contributed by atoms with van der Waals surface area (Å²) in [6.45, 7) is 0. The molecule has 0 aromatic carbocycles. The molecular weight excluding hydrogens is 40.6 g/mol. The minimum absolute atomic E-state index is 0. The molecule has 0 aromatic rings. The monoisotopic (exact) mass is 42.0 g/mol. The van der Waals surface area contributed by atoms with Crippen LogP contribution in [0.3, 0.4) is 0 Å². The molecule has 0 heterocycles. The molecule has 3 heteroatoms. The van der Waals surface area contributed by atoms with Crippen LogP contribution >= 0.6 is 0 Å². The fourth-order valence-electron chi connectivity index (χ4n) is 0. The van der Waals surface area contributed by atoms with Crippen LogP contribution in [0.25, 0.3) is 0 Å². The van der Waals surface area contributed by atoms with Gasteiger partial charge in [0.1, 0.15) is 0 Å². The summed E-state index contributed by atoms with van der Waals surface area (Å²) in [4.78, 5) is 0. The second-order valence-electron chi connectivity index (χ2n) is 0.192. The van der Waals surface area contributed by atoms with E-state index in [-0.39, 0.29) is 18.9 Å². The van der Waals surface area contributed by atoms with Crippen LogP contribution in [-0.4, -0.2) is 15.7 Å². The molecule has 0 aromatic heterocycles. The van der Waals surface area contributed by atoms with Crippen molar-refractivity contribution in [1.29, 1.82) is 0 Å². The second kappa shape index (κ2) is 9.29. The van der Waals surface area contributed by atoms with E-state index in [1.54, 1.807) is 0 Å². The first kappa shape index (κ1) is 8.83. The maximum absolute atomic E-state index is 4.50. The topological polar surface area (TPSA) is 0 Å². The number of hydrogen-bond acceptors (Lipinski definition) is 0. The molecule has 0 aliphatic carbocycles. The van der Waals surface area contributed by atoms with Gasteiger partial charge in [0.15, 0.2) is 0 Å². The van der Waals surface area contributed by atoms with Crippen molar-refractivity contribution in [3.63, 3.8) is 0 Å². The van der Waals surface area contributed by atoms with Gasteiger partial charge in [-0.3, -0.25) is 0 Å². The third-order valence-corrected chi connectivity index (χ3v) is 0. The molecule has 12 valence electrons. The van der Waals surface area contributed by atoms with Crippen molar-refractivity contribution < 1.29 is 18.9 Å². The van der Waals surface area contributed by atoms with Crippen molar-refractivity contribution in [2.24, 2.45) is 0 Å². The normalized spacial score (nSPS) is 4.00. The van der Waals surface area contributed by atoms with Gasteiger partial charge in [-0.1, -0.05) is 0 Å².